The maximum Gasteiger partial charge on any atom is 0.191 e. The van der Waals surface area contributed by atoms with Gasteiger partial charge in [0.2, 0.25) is 0 Å². The SMILES string of the molecule is O=C(C1=CCCCCC1)C(O)c1ccccc1. The van der Waals surface area contributed by atoms with Gasteiger partial charge in [-0.3, -0.25) is 4.79 Å². The summed E-state index contributed by atoms with van der Waals surface area (Å²) in [5.74, 6) is -0.127. The molecular weight excluding hydrogens is 212 g/mol. The molecule has 0 saturated heterocycles. The minimum Gasteiger partial charge on any atom is -0.380 e. The monoisotopic (exact) mass is 230 g/mol. The van der Waals surface area contributed by atoms with E-state index in [0.717, 1.165) is 31.3 Å². The number of allylic oxidation sites excluding steroid dienone is 1. The average Bonchev–Trinajstić information content (AvgIpc) is 2.67. The molecule has 1 aliphatic rings. The second-order valence-corrected chi connectivity index (χ2v) is 4.51. The third kappa shape index (κ3) is 3.04. The molecule has 0 radical (unpaired) electrons. The maximum absolute atomic E-state index is 12.1. The summed E-state index contributed by atoms with van der Waals surface area (Å²) in [6.07, 6.45) is 6.15. The minimum absolute atomic E-state index is 0.127. The second-order valence-electron chi connectivity index (χ2n) is 4.51. The van der Waals surface area contributed by atoms with Gasteiger partial charge in [-0.2, -0.15) is 0 Å². The molecule has 1 aromatic carbocycles. The Bertz CT molecular complexity index is 406. The zero-order chi connectivity index (χ0) is 12.1. The van der Waals surface area contributed by atoms with E-state index < -0.39 is 6.10 Å². The highest BCUT2D eigenvalue weighted by atomic mass is 16.3. The molecule has 1 aliphatic carbocycles. The first-order valence-corrected chi connectivity index (χ1v) is 6.25. The number of hydrogen-bond acceptors (Lipinski definition) is 2. The number of hydrogen-bond donors (Lipinski definition) is 1. The summed E-state index contributed by atoms with van der Waals surface area (Å²) in [6, 6.07) is 9.14. The summed E-state index contributed by atoms with van der Waals surface area (Å²) in [6.45, 7) is 0. The molecule has 1 aromatic rings. The van der Waals surface area contributed by atoms with Gasteiger partial charge in [0.15, 0.2) is 5.78 Å². The molecule has 2 rings (SSSR count). The Balaban J connectivity index is 2.11. The van der Waals surface area contributed by atoms with E-state index in [9.17, 15) is 9.90 Å². The Kier molecular flexibility index (Phi) is 4.10. The van der Waals surface area contributed by atoms with Gasteiger partial charge in [0.05, 0.1) is 0 Å². The second kappa shape index (κ2) is 5.78. The molecule has 1 unspecified atom stereocenters. The molecule has 0 spiro atoms. The van der Waals surface area contributed by atoms with Gasteiger partial charge in [-0.1, -0.05) is 42.8 Å². The number of benzene rings is 1. The van der Waals surface area contributed by atoms with Crippen molar-refractivity contribution < 1.29 is 9.90 Å². The first-order chi connectivity index (χ1) is 8.29. The molecule has 0 saturated carbocycles. The van der Waals surface area contributed by atoms with Crippen LogP contribution >= 0.6 is 0 Å². The van der Waals surface area contributed by atoms with Crippen molar-refractivity contribution in [2.24, 2.45) is 0 Å². The van der Waals surface area contributed by atoms with Crippen molar-refractivity contribution in [3.05, 3.63) is 47.5 Å². The maximum atomic E-state index is 12.1. The van der Waals surface area contributed by atoms with Crippen LogP contribution in [0.1, 0.15) is 43.8 Å². The largest absolute Gasteiger partial charge is 0.380 e. The molecule has 2 heteroatoms. The predicted octanol–water partition coefficient (Wildman–Crippen LogP) is 3.18. The van der Waals surface area contributed by atoms with Crippen molar-refractivity contribution in [1.29, 1.82) is 0 Å². The van der Waals surface area contributed by atoms with Gasteiger partial charge in [-0.25, -0.2) is 0 Å². The topological polar surface area (TPSA) is 37.3 Å². The zero-order valence-electron chi connectivity index (χ0n) is 9.93. The number of aliphatic hydroxyl groups excluding tert-OH is 1. The summed E-state index contributed by atoms with van der Waals surface area (Å²) in [5, 5.41) is 10.0. The Morgan fingerprint density at radius 1 is 1.12 bits per heavy atom. The quantitative estimate of drug-likeness (QED) is 0.866. The normalized spacial score (nSPS) is 18.1. The highest BCUT2D eigenvalue weighted by Gasteiger charge is 2.21. The van der Waals surface area contributed by atoms with Crippen LogP contribution in [0, 0.1) is 0 Å². The molecule has 0 aromatic heterocycles. The first-order valence-electron chi connectivity index (χ1n) is 6.25. The van der Waals surface area contributed by atoms with E-state index in [1.807, 2.05) is 24.3 Å². The fourth-order valence-corrected chi connectivity index (χ4v) is 2.20. The highest BCUT2D eigenvalue weighted by molar-refractivity contribution is 5.99. The van der Waals surface area contributed by atoms with Crippen molar-refractivity contribution in [2.75, 3.05) is 0 Å². The van der Waals surface area contributed by atoms with E-state index in [0.29, 0.717) is 5.56 Å². The fraction of sp³-hybridized carbons (Fsp3) is 0.400. The van der Waals surface area contributed by atoms with Crippen LogP contribution in [0.25, 0.3) is 0 Å². The van der Waals surface area contributed by atoms with Crippen molar-refractivity contribution in [1.82, 2.24) is 0 Å². The van der Waals surface area contributed by atoms with Crippen LogP contribution in [0.15, 0.2) is 42.0 Å². The highest BCUT2D eigenvalue weighted by Crippen LogP contribution is 2.24. The summed E-state index contributed by atoms with van der Waals surface area (Å²) in [7, 11) is 0. The smallest absolute Gasteiger partial charge is 0.191 e. The Labute approximate surface area is 102 Å². The number of ketones is 1. The van der Waals surface area contributed by atoms with Gasteiger partial charge >= 0.3 is 0 Å². The van der Waals surface area contributed by atoms with E-state index in [1.165, 1.54) is 6.42 Å². The fourth-order valence-electron chi connectivity index (χ4n) is 2.20. The van der Waals surface area contributed by atoms with E-state index >= 15 is 0 Å². The van der Waals surface area contributed by atoms with Crippen LogP contribution in [-0.2, 0) is 4.79 Å². The van der Waals surface area contributed by atoms with Crippen molar-refractivity contribution in [3.63, 3.8) is 0 Å². The number of aliphatic hydroxyl groups is 1. The van der Waals surface area contributed by atoms with Crippen molar-refractivity contribution >= 4 is 5.78 Å². The van der Waals surface area contributed by atoms with Crippen LogP contribution < -0.4 is 0 Å². The molecule has 0 amide bonds. The predicted molar refractivity (Wildman–Crippen MR) is 67.6 cm³/mol. The minimum atomic E-state index is -0.999. The molecule has 0 fully saturated rings. The molecule has 1 atom stereocenters. The lowest BCUT2D eigenvalue weighted by Gasteiger charge is -2.11. The lowest BCUT2D eigenvalue weighted by Crippen LogP contribution is -2.14. The summed E-state index contributed by atoms with van der Waals surface area (Å²) in [5.41, 5.74) is 1.49. The Morgan fingerprint density at radius 3 is 2.65 bits per heavy atom. The number of rotatable bonds is 3. The molecule has 0 bridgehead atoms. The van der Waals surface area contributed by atoms with Gasteiger partial charge in [0.1, 0.15) is 6.10 Å². The summed E-state index contributed by atoms with van der Waals surface area (Å²) in [4.78, 5) is 12.1. The van der Waals surface area contributed by atoms with E-state index in [-0.39, 0.29) is 5.78 Å². The average molecular weight is 230 g/mol. The third-order valence-corrected chi connectivity index (χ3v) is 3.22. The van der Waals surface area contributed by atoms with Gasteiger partial charge in [0, 0.05) is 0 Å². The van der Waals surface area contributed by atoms with Crippen LogP contribution in [0.3, 0.4) is 0 Å². The first kappa shape index (κ1) is 12.1. The standard InChI is InChI=1S/C15H18O2/c16-14(12-8-4-1-2-5-9-12)15(17)13-10-6-3-7-11-13/h3,6-8,10-11,15,17H,1-2,4-5,9H2. The molecule has 17 heavy (non-hydrogen) atoms. The summed E-state index contributed by atoms with van der Waals surface area (Å²) < 4.78 is 0. The molecular formula is C15H18O2. The van der Waals surface area contributed by atoms with Crippen LogP contribution in [-0.4, -0.2) is 10.9 Å². The number of carbonyl (C=O) groups is 1. The summed E-state index contributed by atoms with van der Waals surface area (Å²) >= 11 is 0. The zero-order valence-corrected chi connectivity index (χ0v) is 9.93. The van der Waals surface area contributed by atoms with Gasteiger partial charge < -0.3 is 5.11 Å². The van der Waals surface area contributed by atoms with Gasteiger partial charge in [-0.05, 0) is 36.8 Å². The van der Waals surface area contributed by atoms with Crippen molar-refractivity contribution in [2.45, 2.75) is 38.2 Å². The van der Waals surface area contributed by atoms with Gasteiger partial charge in [0.25, 0.3) is 0 Å². The Hall–Kier alpha value is -1.41. The molecule has 0 heterocycles. The van der Waals surface area contributed by atoms with Gasteiger partial charge in [-0.15, -0.1) is 0 Å². The molecule has 2 nitrogen and oxygen atoms in total. The van der Waals surface area contributed by atoms with Crippen LogP contribution in [0.5, 0.6) is 0 Å². The van der Waals surface area contributed by atoms with E-state index in [1.54, 1.807) is 12.1 Å². The number of carbonyl (C=O) groups excluding carboxylic acids is 1. The van der Waals surface area contributed by atoms with Crippen LogP contribution in [0.2, 0.25) is 0 Å². The molecule has 1 N–H and O–H groups in total. The molecule has 90 valence electrons. The lowest BCUT2D eigenvalue weighted by molar-refractivity contribution is -0.123. The molecule has 0 aliphatic heterocycles. The van der Waals surface area contributed by atoms with Crippen molar-refractivity contribution in [3.8, 4) is 0 Å². The third-order valence-electron chi connectivity index (χ3n) is 3.22. The van der Waals surface area contributed by atoms with E-state index in [2.05, 4.69) is 0 Å². The lowest BCUT2D eigenvalue weighted by atomic mass is 9.97. The number of Topliss-reactive ketones (excluding diaryl/α,β-unsaturated/α-hetero) is 1. The van der Waals surface area contributed by atoms with E-state index in [4.69, 9.17) is 0 Å². The Morgan fingerprint density at radius 2 is 1.88 bits per heavy atom. The van der Waals surface area contributed by atoms with Crippen LogP contribution in [0.4, 0.5) is 0 Å².